The fourth-order valence-corrected chi connectivity index (χ4v) is 2.31. The first-order chi connectivity index (χ1) is 8.70. The topological polar surface area (TPSA) is 39.1 Å². The molecule has 0 aromatic heterocycles. The minimum Gasteiger partial charge on any atom is -0.314 e. The van der Waals surface area contributed by atoms with Crippen molar-refractivity contribution in [3.63, 3.8) is 0 Å². The van der Waals surface area contributed by atoms with Crippen LogP contribution in [0.25, 0.3) is 0 Å². The molecule has 0 saturated carbocycles. The molecule has 0 unspecified atom stereocenters. The molecule has 1 aromatic carbocycles. The van der Waals surface area contributed by atoms with Gasteiger partial charge in [-0.25, -0.2) is 8.78 Å². The Morgan fingerprint density at radius 1 is 1.22 bits per heavy atom. The van der Waals surface area contributed by atoms with Crippen LogP contribution >= 0.6 is 0 Å². The summed E-state index contributed by atoms with van der Waals surface area (Å²) in [4.78, 5) is 2.09. The van der Waals surface area contributed by atoms with E-state index in [0.717, 1.165) is 32.2 Å². The standard InChI is InChI=1S/C13H15F2N3/c14-11-7-10(8-12(15)9-11)13(1-2-16)18-5-3-17-4-6-18/h7-9,13,17H,1,3-6H2/t13-/m1/s1. The predicted molar refractivity (Wildman–Crippen MR) is 63.8 cm³/mol. The van der Waals surface area contributed by atoms with Gasteiger partial charge in [-0.15, -0.1) is 0 Å². The van der Waals surface area contributed by atoms with Crippen molar-refractivity contribution in [2.45, 2.75) is 12.5 Å². The van der Waals surface area contributed by atoms with Crippen molar-refractivity contribution in [3.05, 3.63) is 35.4 Å². The lowest BCUT2D eigenvalue weighted by Crippen LogP contribution is -2.45. The highest BCUT2D eigenvalue weighted by atomic mass is 19.1. The Hall–Kier alpha value is -1.51. The van der Waals surface area contributed by atoms with Gasteiger partial charge in [-0.1, -0.05) is 0 Å². The highest BCUT2D eigenvalue weighted by Gasteiger charge is 2.22. The van der Waals surface area contributed by atoms with Gasteiger partial charge in [0.2, 0.25) is 0 Å². The number of hydrogen-bond acceptors (Lipinski definition) is 3. The summed E-state index contributed by atoms with van der Waals surface area (Å²) >= 11 is 0. The van der Waals surface area contributed by atoms with Crippen LogP contribution in [0.3, 0.4) is 0 Å². The van der Waals surface area contributed by atoms with Crippen LogP contribution in [0, 0.1) is 23.0 Å². The largest absolute Gasteiger partial charge is 0.314 e. The van der Waals surface area contributed by atoms with Gasteiger partial charge in [-0.2, -0.15) is 5.26 Å². The Bertz CT molecular complexity index is 430. The molecule has 2 rings (SSSR count). The van der Waals surface area contributed by atoms with Gasteiger partial charge in [0.05, 0.1) is 12.5 Å². The Morgan fingerprint density at radius 3 is 2.39 bits per heavy atom. The third-order valence-electron chi connectivity index (χ3n) is 3.15. The molecular formula is C13H15F2N3. The van der Waals surface area contributed by atoms with Gasteiger partial charge in [0.1, 0.15) is 11.6 Å². The summed E-state index contributed by atoms with van der Waals surface area (Å²) in [5.74, 6) is -1.19. The van der Waals surface area contributed by atoms with Crippen molar-refractivity contribution < 1.29 is 8.78 Å². The van der Waals surface area contributed by atoms with E-state index in [9.17, 15) is 8.78 Å². The van der Waals surface area contributed by atoms with Crippen molar-refractivity contribution in [3.8, 4) is 6.07 Å². The zero-order chi connectivity index (χ0) is 13.0. The quantitative estimate of drug-likeness (QED) is 0.890. The monoisotopic (exact) mass is 251 g/mol. The molecule has 1 aromatic rings. The zero-order valence-corrected chi connectivity index (χ0v) is 10.00. The van der Waals surface area contributed by atoms with Crippen molar-refractivity contribution in [1.29, 1.82) is 5.26 Å². The van der Waals surface area contributed by atoms with Crippen LogP contribution in [0.15, 0.2) is 18.2 Å². The van der Waals surface area contributed by atoms with Gasteiger partial charge in [0.15, 0.2) is 0 Å². The molecule has 1 atom stereocenters. The van der Waals surface area contributed by atoms with Gasteiger partial charge >= 0.3 is 0 Å². The van der Waals surface area contributed by atoms with E-state index >= 15 is 0 Å². The number of piperazine rings is 1. The van der Waals surface area contributed by atoms with Gasteiger partial charge in [0.25, 0.3) is 0 Å². The molecule has 0 amide bonds. The maximum absolute atomic E-state index is 13.2. The van der Waals surface area contributed by atoms with E-state index in [2.05, 4.69) is 16.3 Å². The van der Waals surface area contributed by atoms with Crippen molar-refractivity contribution in [1.82, 2.24) is 10.2 Å². The molecule has 0 radical (unpaired) electrons. The Morgan fingerprint density at radius 2 is 1.83 bits per heavy atom. The molecule has 0 aliphatic carbocycles. The minimum absolute atomic E-state index is 0.234. The summed E-state index contributed by atoms with van der Waals surface area (Å²) in [6.07, 6.45) is 0.239. The van der Waals surface area contributed by atoms with Crippen molar-refractivity contribution in [2.24, 2.45) is 0 Å². The summed E-state index contributed by atoms with van der Waals surface area (Å²) in [6.45, 7) is 3.23. The van der Waals surface area contributed by atoms with Crippen LogP contribution in [0.2, 0.25) is 0 Å². The lowest BCUT2D eigenvalue weighted by molar-refractivity contribution is 0.175. The number of rotatable bonds is 3. The smallest absolute Gasteiger partial charge is 0.126 e. The summed E-state index contributed by atoms with van der Waals surface area (Å²) in [5, 5.41) is 12.1. The summed E-state index contributed by atoms with van der Waals surface area (Å²) in [5.41, 5.74) is 0.538. The lowest BCUT2D eigenvalue weighted by Gasteiger charge is -2.34. The first-order valence-electron chi connectivity index (χ1n) is 5.98. The molecule has 1 heterocycles. The second-order valence-electron chi connectivity index (χ2n) is 4.37. The molecule has 1 aliphatic heterocycles. The van der Waals surface area contributed by atoms with E-state index < -0.39 is 11.6 Å². The highest BCUT2D eigenvalue weighted by molar-refractivity contribution is 5.22. The molecule has 5 heteroatoms. The van der Waals surface area contributed by atoms with Crippen LogP contribution in [0.4, 0.5) is 8.78 Å². The maximum atomic E-state index is 13.2. The zero-order valence-electron chi connectivity index (χ0n) is 10.00. The third kappa shape index (κ3) is 3.03. The summed E-state index contributed by atoms with van der Waals surface area (Å²) in [6, 6.07) is 5.34. The van der Waals surface area contributed by atoms with E-state index in [1.54, 1.807) is 0 Å². The third-order valence-corrected chi connectivity index (χ3v) is 3.15. The van der Waals surface area contributed by atoms with Crippen LogP contribution in [-0.2, 0) is 0 Å². The average molecular weight is 251 g/mol. The van der Waals surface area contributed by atoms with Crippen LogP contribution in [0.1, 0.15) is 18.0 Å². The second-order valence-corrected chi connectivity index (χ2v) is 4.37. The average Bonchev–Trinajstić information content (AvgIpc) is 2.36. The number of benzene rings is 1. The molecule has 0 bridgehead atoms. The Labute approximate surface area is 105 Å². The first-order valence-corrected chi connectivity index (χ1v) is 5.98. The molecule has 1 fully saturated rings. The normalized spacial score (nSPS) is 18.3. The molecule has 0 spiro atoms. The molecule has 1 aliphatic rings. The maximum Gasteiger partial charge on any atom is 0.126 e. The Kier molecular flexibility index (Phi) is 4.24. The van der Waals surface area contributed by atoms with Gasteiger partial charge in [-0.3, -0.25) is 4.90 Å². The number of nitriles is 1. The number of nitrogens with zero attached hydrogens (tertiary/aromatic N) is 2. The van der Waals surface area contributed by atoms with Gasteiger partial charge in [0, 0.05) is 38.3 Å². The Balaban J connectivity index is 2.25. The highest BCUT2D eigenvalue weighted by Crippen LogP contribution is 2.25. The fourth-order valence-electron chi connectivity index (χ4n) is 2.31. The molecule has 18 heavy (non-hydrogen) atoms. The van der Waals surface area contributed by atoms with Crippen molar-refractivity contribution in [2.75, 3.05) is 26.2 Å². The SMILES string of the molecule is N#CC[C@H](c1cc(F)cc(F)c1)N1CCNCC1. The predicted octanol–water partition coefficient (Wildman–Crippen LogP) is 1.82. The molecule has 1 N–H and O–H groups in total. The van der Waals surface area contributed by atoms with E-state index in [1.807, 2.05) is 0 Å². The van der Waals surface area contributed by atoms with E-state index in [4.69, 9.17) is 5.26 Å². The number of halogens is 2. The molecule has 1 saturated heterocycles. The van der Waals surface area contributed by atoms with Crippen LogP contribution in [-0.4, -0.2) is 31.1 Å². The number of hydrogen-bond donors (Lipinski definition) is 1. The minimum atomic E-state index is -0.594. The lowest BCUT2D eigenvalue weighted by atomic mass is 10.0. The van der Waals surface area contributed by atoms with E-state index in [1.165, 1.54) is 12.1 Å². The number of nitrogens with one attached hydrogen (secondary N) is 1. The molecule has 3 nitrogen and oxygen atoms in total. The van der Waals surface area contributed by atoms with Gasteiger partial charge < -0.3 is 5.32 Å². The van der Waals surface area contributed by atoms with E-state index in [-0.39, 0.29) is 12.5 Å². The second kappa shape index (κ2) is 5.89. The van der Waals surface area contributed by atoms with Crippen LogP contribution in [0.5, 0.6) is 0 Å². The van der Waals surface area contributed by atoms with E-state index in [0.29, 0.717) is 5.56 Å². The van der Waals surface area contributed by atoms with Crippen molar-refractivity contribution >= 4 is 0 Å². The summed E-state index contributed by atoms with van der Waals surface area (Å²) < 4.78 is 26.5. The fraction of sp³-hybridized carbons (Fsp3) is 0.462. The van der Waals surface area contributed by atoms with Crippen LogP contribution < -0.4 is 5.32 Å². The van der Waals surface area contributed by atoms with Gasteiger partial charge in [-0.05, 0) is 17.7 Å². The molecule has 96 valence electrons. The summed E-state index contributed by atoms with van der Waals surface area (Å²) in [7, 11) is 0. The first kappa shape index (κ1) is 12.9. The molecular weight excluding hydrogens is 236 g/mol.